The van der Waals surface area contributed by atoms with Gasteiger partial charge in [-0.25, -0.2) is 0 Å². The first-order valence-electron chi connectivity index (χ1n) is 2.46. The predicted octanol–water partition coefficient (Wildman–Crippen LogP) is -0.232. The van der Waals surface area contributed by atoms with E-state index in [-0.39, 0.29) is 0 Å². The van der Waals surface area contributed by atoms with Gasteiger partial charge in [0.05, 0.1) is 0 Å². The molecule has 0 amide bonds. The molecule has 0 atom stereocenters. The second kappa shape index (κ2) is 3.29. The van der Waals surface area contributed by atoms with E-state index in [1.807, 2.05) is 19.0 Å². The van der Waals surface area contributed by atoms with Gasteiger partial charge in [-0.1, -0.05) is 0 Å². The molecule has 0 spiro atoms. The molecule has 0 unspecified atom stereocenters. The minimum absolute atomic E-state index is 0.769. The van der Waals surface area contributed by atoms with E-state index >= 15 is 0 Å². The molecule has 0 N–H and O–H groups in total. The Morgan fingerprint density at radius 3 is 1.75 bits per heavy atom. The average molecular weight is 114 g/mol. The molecule has 0 bridgehead atoms. The lowest BCUT2D eigenvalue weighted by Gasteiger charge is -2.10. The fraction of sp³-hybridized carbons (Fsp3) is 0.800. The molecule has 3 nitrogen and oxygen atoms in total. The third-order valence-electron chi connectivity index (χ3n) is 0.800. The van der Waals surface area contributed by atoms with Crippen molar-refractivity contribution in [3.63, 3.8) is 0 Å². The van der Waals surface area contributed by atoms with E-state index in [0.717, 1.165) is 5.96 Å². The van der Waals surface area contributed by atoms with Crippen LogP contribution in [0.15, 0.2) is 4.99 Å². The fourth-order valence-corrected chi connectivity index (χ4v) is 0.500. The van der Waals surface area contributed by atoms with E-state index in [1.54, 1.807) is 14.1 Å². The lowest BCUT2D eigenvalue weighted by atomic mass is 10.8. The summed E-state index contributed by atoms with van der Waals surface area (Å²) in [6.45, 7) is 0. The van der Waals surface area contributed by atoms with Crippen molar-refractivity contribution in [1.82, 2.24) is 10.2 Å². The summed E-state index contributed by atoms with van der Waals surface area (Å²) in [6.07, 6.45) is 0. The molecule has 0 rings (SSSR count). The predicted molar refractivity (Wildman–Crippen MR) is 35.1 cm³/mol. The highest BCUT2D eigenvalue weighted by Gasteiger charge is 1.93. The third-order valence-corrected chi connectivity index (χ3v) is 0.800. The van der Waals surface area contributed by atoms with Gasteiger partial charge in [-0.3, -0.25) is 10.3 Å². The van der Waals surface area contributed by atoms with Gasteiger partial charge in [0.1, 0.15) is 0 Å². The Morgan fingerprint density at radius 2 is 1.75 bits per heavy atom. The summed E-state index contributed by atoms with van der Waals surface area (Å²) in [7, 11) is 7.27. The molecule has 0 aliphatic heterocycles. The molecule has 0 aliphatic rings. The number of aliphatic imine (C=N–C) groups is 1. The van der Waals surface area contributed by atoms with Crippen molar-refractivity contribution in [2.75, 3.05) is 28.2 Å². The highest BCUT2D eigenvalue weighted by Crippen LogP contribution is 1.75. The highest BCUT2D eigenvalue weighted by molar-refractivity contribution is 5.78. The van der Waals surface area contributed by atoms with Crippen LogP contribution in [0.2, 0.25) is 0 Å². The van der Waals surface area contributed by atoms with Crippen LogP contribution in [0, 0.1) is 0 Å². The lowest BCUT2D eigenvalue weighted by Crippen LogP contribution is -2.28. The van der Waals surface area contributed by atoms with E-state index < -0.39 is 0 Å². The van der Waals surface area contributed by atoms with Crippen molar-refractivity contribution in [2.45, 2.75) is 0 Å². The second-order valence-corrected chi connectivity index (χ2v) is 1.64. The summed E-state index contributed by atoms with van der Waals surface area (Å²) in [5.41, 5.74) is 0. The number of guanidine groups is 1. The van der Waals surface area contributed by atoms with Gasteiger partial charge in [-0.15, -0.1) is 0 Å². The van der Waals surface area contributed by atoms with Gasteiger partial charge in [0, 0.05) is 28.2 Å². The topological polar surface area (TPSA) is 29.7 Å². The van der Waals surface area contributed by atoms with Crippen molar-refractivity contribution in [1.29, 1.82) is 0 Å². The molecular weight excluding hydrogens is 102 g/mol. The van der Waals surface area contributed by atoms with Crippen molar-refractivity contribution in [3.05, 3.63) is 0 Å². The number of nitrogens with zero attached hydrogens (tertiary/aromatic N) is 3. The molecule has 0 aliphatic carbocycles. The van der Waals surface area contributed by atoms with Crippen LogP contribution in [0.25, 0.3) is 0 Å². The monoisotopic (exact) mass is 114 g/mol. The van der Waals surface area contributed by atoms with Crippen LogP contribution in [-0.2, 0) is 0 Å². The summed E-state index contributed by atoms with van der Waals surface area (Å²) in [4.78, 5) is 5.74. The molecule has 0 aromatic heterocycles. The van der Waals surface area contributed by atoms with Gasteiger partial charge in [0.2, 0.25) is 5.96 Å². The van der Waals surface area contributed by atoms with Crippen molar-refractivity contribution in [2.24, 2.45) is 4.99 Å². The smallest absolute Gasteiger partial charge is 0.214 e. The number of rotatable bonds is 0. The van der Waals surface area contributed by atoms with Gasteiger partial charge in [-0.05, 0) is 0 Å². The largest absolute Gasteiger partial charge is 0.348 e. The zero-order valence-electron chi connectivity index (χ0n) is 5.84. The molecular formula is C5H12N3. The molecule has 0 aromatic carbocycles. The van der Waals surface area contributed by atoms with E-state index in [4.69, 9.17) is 0 Å². The maximum Gasteiger partial charge on any atom is 0.214 e. The number of hydrogen-bond donors (Lipinski definition) is 0. The van der Waals surface area contributed by atoms with Crippen molar-refractivity contribution in [3.8, 4) is 0 Å². The second-order valence-electron chi connectivity index (χ2n) is 1.64. The molecule has 47 valence electrons. The molecule has 0 saturated heterocycles. The molecule has 0 fully saturated rings. The Bertz CT molecular complexity index is 85.7. The molecule has 0 heterocycles. The normalized spacial score (nSPS) is 11.2. The van der Waals surface area contributed by atoms with Gasteiger partial charge in [0.15, 0.2) is 0 Å². The van der Waals surface area contributed by atoms with Crippen LogP contribution in [0.3, 0.4) is 0 Å². The highest BCUT2D eigenvalue weighted by atomic mass is 15.2. The first-order valence-corrected chi connectivity index (χ1v) is 2.46. The average Bonchev–Trinajstić information content (AvgIpc) is 1.69. The minimum Gasteiger partial charge on any atom is -0.348 e. The maximum atomic E-state index is 3.88. The van der Waals surface area contributed by atoms with Crippen molar-refractivity contribution >= 4 is 5.96 Å². The Hall–Kier alpha value is -0.730. The quantitative estimate of drug-likeness (QED) is 0.316. The SMILES string of the molecule is C[N]C(=NC)N(C)C. The van der Waals surface area contributed by atoms with Gasteiger partial charge in [-0.2, -0.15) is 0 Å². The summed E-state index contributed by atoms with van der Waals surface area (Å²) >= 11 is 0. The first kappa shape index (κ1) is 7.27. The Labute approximate surface area is 50.4 Å². The number of hydrogen-bond acceptors (Lipinski definition) is 1. The van der Waals surface area contributed by atoms with E-state index in [0.29, 0.717) is 0 Å². The van der Waals surface area contributed by atoms with Crippen LogP contribution in [0.5, 0.6) is 0 Å². The maximum absolute atomic E-state index is 3.88. The fourth-order valence-electron chi connectivity index (χ4n) is 0.500. The minimum atomic E-state index is 0.769. The van der Waals surface area contributed by atoms with Crippen LogP contribution >= 0.6 is 0 Å². The molecule has 0 aromatic rings. The van der Waals surface area contributed by atoms with Crippen molar-refractivity contribution < 1.29 is 0 Å². The standard InChI is InChI=1S/C5H12N3/c1-6-5(7-2)8(3)4/h1-4H3. The van der Waals surface area contributed by atoms with Crippen LogP contribution in [0.4, 0.5) is 0 Å². The van der Waals surface area contributed by atoms with Crippen LogP contribution in [-0.4, -0.2) is 39.1 Å². The summed E-state index contributed by atoms with van der Waals surface area (Å²) in [6, 6.07) is 0. The van der Waals surface area contributed by atoms with Crippen LogP contribution in [0.1, 0.15) is 0 Å². The summed E-state index contributed by atoms with van der Waals surface area (Å²) in [5.74, 6) is 0.769. The Balaban J connectivity index is 3.72. The molecule has 1 radical (unpaired) electrons. The van der Waals surface area contributed by atoms with E-state index in [9.17, 15) is 0 Å². The molecule has 0 saturated carbocycles. The van der Waals surface area contributed by atoms with Gasteiger partial charge < -0.3 is 4.90 Å². The molecule has 3 heteroatoms. The lowest BCUT2D eigenvalue weighted by molar-refractivity contribution is 0.594. The van der Waals surface area contributed by atoms with Crippen LogP contribution < -0.4 is 5.32 Å². The summed E-state index contributed by atoms with van der Waals surface area (Å²) in [5, 5.41) is 3.88. The Morgan fingerprint density at radius 1 is 1.25 bits per heavy atom. The summed E-state index contributed by atoms with van der Waals surface area (Å²) < 4.78 is 0. The first-order chi connectivity index (χ1) is 3.72. The molecule has 8 heavy (non-hydrogen) atoms. The van der Waals surface area contributed by atoms with Gasteiger partial charge in [0.25, 0.3) is 0 Å². The van der Waals surface area contributed by atoms with E-state index in [2.05, 4.69) is 10.3 Å². The van der Waals surface area contributed by atoms with E-state index in [1.165, 1.54) is 0 Å². The zero-order chi connectivity index (χ0) is 6.57. The van der Waals surface area contributed by atoms with Gasteiger partial charge >= 0.3 is 0 Å². The third kappa shape index (κ3) is 1.82. The Kier molecular flexibility index (Phi) is 2.99. The zero-order valence-corrected chi connectivity index (χ0v) is 5.84.